The topological polar surface area (TPSA) is 72.2 Å². The third-order valence-electron chi connectivity index (χ3n) is 6.31. The summed E-state index contributed by atoms with van der Waals surface area (Å²) in [5, 5.41) is 14.7. The average molecular weight is 377 g/mol. The molecule has 1 aromatic carbocycles. The summed E-state index contributed by atoms with van der Waals surface area (Å²) in [6, 6.07) is 10.8. The molecule has 0 saturated heterocycles. The normalized spacial score (nSPS) is 29.3. The van der Waals surface area contributed by atoms with E-state index in [4.69, 9.17) is 4.74 Å². The van der Waals surface area contributed by atoms with E-state index in [1.54, 1.807) is 13.4 Å². The minimum absolute atomic E-state index is 0.0557. The number of nitrogens with one attached hydrogen (secondary N) is 1. The quantitative estimate of drug-likeness (QED) is 0.730. The second kappa shape index (κ2) is 6.87. The fraction of sp³-hybridized carbons (Fsp3) is 0.409. The van der Waals surface area contributed by atoms with Crippen LogP contribution in [0.15, 0.2) is 42.9 Å². The molecule has 28 heavy (non-hydrogen) atoms. The molecule has 0 bridgehead atoms. The molecule has 6 heteroatoms. The lowest BCUT2D eigenvalue weighted by atomic mass is 10.1. The lowest BCUT2D eigenvalue weighted by molar-refractivity contribution is 0.0960. The van der Waals surface area contributed by atoms with Crippen LogP contribution in [0.5, 0.6) is 0 Å². The standard InChI is InChI=1S/C22H25N4O2/c1-13-9-15(11-18(13)27)26-8-7-17-21(23-12-24-22(17)26)25-20-16-6-4-3-5-14(16)10-19(20)28-2/h3-8,12-13,15,18-20,27H,1,9-11H2,2H3,(H,23,24,25)/t13-,15+,18-,19+,20+/m0/s1. The van der Waals surface area contributed by atoms with Crippen LogP contribution in [0.3, 0.4) is 0 Å². The van der Waals surface area contributed by atoms with Crippen LogP contribution in [-0.4, -0.2) is 39.0 Å². The van der Waals surface area contributed by atoms with E-state index in [9.17, 15) is 5.11 Å². The van der Waals surface area contributed by atoms with Gasteiger partial charge in [-0.2, -0.15) is 0 Å². The molecule has 3 aromatic rings. The fourth-order valence-electron chi connectivity index (χ4n) is 4.78. The highest BCUT2D eigenvalue weighted by atomic mass is 16.5. The third kappa shape index (κ3) is 2.79. The highest BCUT2D eigenvalue weighted by molar-refractivity contribution is 5.87. The Labute approximate surface area is 164 Å². The van der Waals surface area contributed by atoms with Gasteiger partial charge in [0.15, 0.2) is 0 Å². The van der Waals surface area contributed by atoms with Crippen LogP contribution in [0.4, 0.5) is 5.82 Å². The average Bonchev–Trinajstić information content (AvgIpc) is 3.38. The fourth-order valence-corrected chi connectivity index (χ4v) is 4.78. The summed E-state index contributed by atoms with van der Waals surface area (Å²) >= 11 is 0. The van der Waals surface area contributed by atoms with E-state index in [2.05, 4.69) is 63.3 Å². The van der Waals surface area contributed by atoms with E-state index >= 15 is 0 Å². The number of hydrogen-bond acceptors (Lipinski definition) is 5. The van der Waals surface area contributed by atoms with Gasteiger partial charge in [-0.3, -0.25) is 0 Å². The van der Waals surface area contributed by atoms with E-state index in [1.165, 1.54) is 11.1 Å². The van der Waals surface area contributed by atoms with Crippen LogP contribution >= 0.6 is 0 Å². The van der Waals surface area contributed by atoms with Gasteiger partial charge in [0.25, 0.3) is 0 Å². The molecular weight excluding hydrogens is 352 g/mol. The number of aliphatic hydroxyl groups is 1. The molecule has 1 fully saturated rings. The lowest BCUT2D eigenvalue weighted by Gasteiger charge is -2.22. The molecule has 0 spiro atoms. The predicted molar refractivity (Wildman–Crippen MR) is 108 cm³/mol. The molecule has 0 unspecified atom stereocenters. The molecule has 2 aromatic heterocycles. The number of rotatable bonds is 4. The summed E-state index contributed by atoms with van der Waals surface area (Å²) in [5.74, 6) is 0.886. The van der Waals surface area contributed by atoms with E-state index < -0.39 is 0 Å². The Morgan fingerprint density at radius 3 is 2.86 bits per heavy atom. The second-order valence-electron chi connectivity index (χ2n) is 7.93. The van der Waals surface area contributed by atoms with Gasteiger partial charge >= 0.3 is 0 Å². The number of aliphatic hydroxyl groups excluding tert-OH is 1. The smallest absolute Gasteiger partial charge is 0.145 e. The van der Waals surface area contributed by atoms with Crippen LogP contribution in [0.2, 0.25) is 0 Å². The van der Waals surface area contributed by atoms with Crippen molar-refractivity contribution in [3.8, 4) is 0 Å². The Morgan fingerprint density at radius 1 is 1.21 bits per heavy atom. The van der Waals surface area contributed by atoms with Gasteiger partial charge in [0.2, 0.25) is 0 Å². The van der Waals surface area contributed by atoms with Gasteiger partial charge in [-0.15, -0.1) is 0 Å². The van der Waals surface area contributed by atoms with Crippen LogP contribution < -0.4 is 5.32 Å². The molecule has 0 amide bonds. The van der Waals surface area contributed by atoms with E-state index in [0.29, 0.717) is 6.42 Å². The molecule has 1 radical (unpaired) electrons. The van der Waals surface area contributed by atoms with Crippen molar-refractivity contribution in [2.75, 3.05) is 12.4 Å². The predicted octanol–water partition coefficient (Wildman–Crippen LogP) is 3.30. The molecule has 0 aliphatic heterocycles. The van der Waals surface area contributed by atoms with Gasteiger partial charge in [-0.1, -0.05) is 24.3 Å². The van der Waals surface area contributed by atoms with Crippen molar-refractivity contribution in [1.29, 1.82) is 0 Å². The van der Waals surface area contributed by atoms with Gasteiger partial charge in [0.05, 0.1) is 23.6 Å². The lowest BCUT2D eigenvalue weighted by Crippen LogP contribution is -2.24. The number of ether oxygens (including phenoxy) is 1. The molecular formula is C22H25N4O2. The molecule has 145 valence electrons. The van der Waals surface area contributed by atoms with Crippen LogP contribution in [0.1, 0.15) is 36.1 Å². The zero-order valence-electron chi connectivity index (χ0n) is 16.0. The van der Waals surface area contributed by atoms with Crippen molar-refractivity contribution in [1.82, 2.24) is 14.5 Å². The maximum absolute atomic E-state index is 10.1. The molecule has 2 N–H and O–H groups in total. The first-order chi connectivity index (χ1) is 13.7. The Balaban J connectivity index is 1.49. The van der Waals surface area contributed by atoms with E-state index in [1.807, 2.05) is 0 Å². The zero-order chi connectivity index (χ0) is 19.3. The number of anilines is 1. The second-order valence-corrected chi connectivity index (χ2v) is 7.93. The summed E-state index contributed by atoms with van der Waals surface area (Å²) < 4.78 is 7.91. The molecule has 2 heterocycles. The Bertz CT molecular complexity index is 991. The van der Waals surface area contributed by atoms with Crippen molar-refractivity contribution in [3.63, 3.8) is 0 Å². The van der Waals surface area contributed by atoms with Crippen molar-refractivity contribution in [2.24, 2.45) is 5.92 Å². The molecule has 2 aliphatic rings. The first-order valence-corrected chi connectivity index (χ1v) is 9.85. The Kier molecular flexibility index (Phi) is 4.33. The first kappa shape index (κ1) is 17.6. The minimum atomic E-state index is -0.348. The SMILES string of the molecule is [CH2][C@H]1C[C@@H](n2ccc3c(N[C@@H]4c5ccccc5C[C@H]4OC)ncnc32)C[C@@H]1O. The number of fused-ring (bicyclic) bond motifs is 2. The van der Waals surface area contributed by atoms with Crippen LogP contribution in [-0.2, 0) is 11.2 Å². The van der Waals surface area contributed by atoms with E-state index in [0.717, 1.165) is 29.7 Å². The van der Waals surface area contributed by atoms with Crippen molar-refractivity contribution in [3.05, 3.63) is 60.9 Å². The summed E-state index contributed by atoms with van der Waals surface area (Å²) in [6.07, 6.45) is 5.85. The van der Waals surface area contributed by atoms with Crippen molar-refractivity contribution in [2.45, 2.75) is 43.6 Å². The highest BCUT2D eigenvalue weighted by Crippen LogP contribution is 2.39. The maximum Gasteiger partial charge on any atom is 0.145 e. The number of hydrogen-bond donors (Lipinski definition) is 2. The molecule has 2 aliphatic carbocycles. The third-order valence-corrected chi connectivity index (χ3v) is 6.31. The monoisotopic (exact) mass is 377 g/mol. The number of benzene rings is 1. The number of nitrogens with zero attached hydrogens (tertiary/aromatic N) is 3. The summed E-state index contributed by atoms with van der Waals surface area (Å²) in [7, 11) is 1.76. The first-order valence-electron chi connectivity index (χ1n) is 9.85. The number of methoxy groups -OCH3 is 1. The van der Waals surface area contributed by atoms with Crippen LogP contribution in [0, 0.1) is 12.8 Å². The van der Waals surface area contributed by atoms with Gasteiger partial charge < -0.3 is 19.7 Å². The van der Waals surface area contributed by atoms with Crippen molar-refractivity contribution < 1.29 is 9.84 Å². The summed E-state index contributed by atoms with van der Waals surface area (Å²) in [4.78, 5) is 9.06. The van der Waals surface area contributed by atoms with Gasteiger partial charge in [-0.05, 0) is 42.9 Å². The Hall–Kier alpha value is -2.44. The molecule has 5 rings (SSSR count). The number of aromatic nitrogens is 3. The van der Waals surface area contributed by atoms with Crippen LogP contribution in [0.25, 0.3) is 11.0 Å². The maximum atomic E-state index is 10.1. The summed E-state index contributed by atoms with van der Waals surface area (Å²) in [5.41, 5.74) is 3.47. The van der Waals surface area contributed by atoms with Gasteiger partial charge in [0.1, 0.15) is 17.8 Å². The molecule has 5 atom stereocenters. The minimum Gasteiger partial charge on any atom is -0.393 e. The van der Waals surface area contributed by atoms with Crippen molar-refractivity contribution >= 4 is 16.9 Å². The largest absolute Gasteiger partial charge is 0.393 e. The Morgan fingerprint density at radius 2 is 2.07 bits per heavy atom. The van der Waals surface area contributed by atoms with Gasteiger partial charge in [0, 0.05) is 25.8 Å². The van der Waals surface area contributed by atoms with Gasteiger partial charge in [-0.25, -0.2) is 9.97 Å². The summed E-state index contributed by atoms with van der Waals surface area (Å²) in [6.45, 7) is 4.06. The zero-order valence-corrected chi connectivity index (χ0v) is 16.0. The highest BCUT2D eigenvalue weighted by Gasteiger charge is 2.34. The van der Waals surface area contributed by atoms with E-state index in [-0.39, 0.29) is 30.2 Å². The molecule has 6 nitrogen and oxygen atoms in total. The molecule has 1 saturated carbocycles.